The van der Waals surface area contributed by atoms with E-state index in [-0.39, 0.29) is 58.0 Å². The molecule has 36 nitrogen and oxygen atoms in total. The topological polar surface area (TPSA) is 577 Å². The quantitative estimate of drug-likeness (QED) is 0.0243. The number of hydrogen-bond donors (Lipinski definition) is 18. The fraction of sp³-hybridized carbons (Fsp3) is 0.417. The number of nitrogens with one attached hydrogen (secondary N) is 12. The Kier molecular flexibility index (Phi) is 34.3. The first-order chi connectivity index (χ1) is 57.8. The third kappa shape index (κ3) is 27.8. The van der Waals surface area contributed by atoms with Crippen LogP contribution in [0.4, 0.5) is 0 Å². The predicted molar refractivity (Wildman–Crippen MR) is 451 cm³/mol. The number of nitrogens with two attached hydrogens (primary N) is 3. The van der Waals surface area contributed by atoms with Crippen molar-refractivity contribution in [1.29, 1.82) is 0 Å². The van der Waals surface area contributed by atoms with Gasteiger partial charge in [-0.3, -0.25) is 81.5 Å². The van der Waals surface area contributed by atoms with Crippen LogP contribution in [-0.4, -0.2) is 223 Å². The average molecular weight is 1720 g/mol. The van der Waals surface area contributed by atoms with Gasteiger partial charge in [-0.15, -0.1) is 0 Å². The van der Waals surface area contributed by atoms with Crippen molar-refractivity contribution in [1.82, 2.24) is 68.7 Å². The number of hydrogen-bond acceptors (Lipinski definition) is 21. The summed E-state index contributed by atoms with van der Waals surface area (Å²) in [6.45, 7) is 7.80. The first kappa shape index (κ1) is 94.9. The number of carbonyl (C=O) groups is 17. The Bertz CT molecular complexity index is 4880. The highest BCUT2D eigenvalue weighted by atomic mass is 33.1. The molecule has 6 aromatic rings. The molecular weight excluding hydrogens is 1620 g/mol. The van der Waals surface area contributed by atoms with Crippen LogP contribution < -0.4 is 81.0 Å². The van der Waals surface area contributed by atoms with E-state index in [1.807, 2.05) is 18.2 Å². The van der Waals surface area contributed by atoms with Crippen molar-refractivity contribution in [2.45, 2.75) is 190 Å². The Morgan fingerprint density at radius 3 is 1.66 bits per heavy atom. The molecule has 0 saturated carbocycles. The lowest BCUT2D eigenvalue weighted by molar-refractivity contribution is -0.147. The van der Waals surface area contributed by atoms with E-state index in [0.717, 1.165) is 44.2 Å². The van der Waals surface area contributed by atoms with E-state index in [0.29, 0.717) is 38.6 Å². The molecule has 0 radical (unpaired) electrons. The third-order valence-electron chi connectivity index (χ3n) is 20.4. The van der Waals surface area contributed by atoms with Crippen molar-refractivity contribution in [2.75, 3.05) is 24.7 Å². The lowest BCUT2D eigenvalue weighted by atomic mass is 9.87. The smallest absolute Gasteiger partial charge is 0.305 e. The number of rotatable bonds is 30. The Labute approximate surface area is 710 Å². The van der Waals surface area contributed by atoms with E-state index in [1.165, 1.54) is 13.8 Å². The minimum Gasteiger partial charge on any atom is -0.481 e. The van der Waals surface area contributed by atoms with E-state index >= 15 is 38.4 Å². The fourth-order valence-corrected chi connectivity index (χ4v) is 16.3. The van der Waals surface area contributed by atoms with Gasteiger partial charge in [0.05, 0.1) is 25.9 Å². The van der Waals surface area contributed by atoms with Crippen LogP contribution in [0.15, 0.2) is 140 Å². The van der Waals surface area contributed by atoms with Crippen LogP contribution in [0.25, 0.3) is 21.5 Å². The maximum Gasteiger partial charge on any atom is 0.305 e. The van der Waals surface area contributed by atoms with E-state index in [1.54, 1.807) is 142 Å². The highest BCUT2D eigenvalue weighted by molar-refractivity contribution is 8.76. The molecule has 6 aromatic carbocycles. The number of likely N-dealkylation sites (tertiary alicyclic amines) is 1. The van der Waals surface area contributed by atoms with Crippen molar-refractivity contribution in [3.05, 3.63) is 167 Å². The molecule has 21 N–H and O–H groups in total. The zero-order chi connectivity index (χ0) is 89.3. The molecule has 0 bridgehead atoms. The third-order valence-corrected chi connectivity index (χ3v) is 22.8. The number of nitrogens with zero attached hydrogens (tertiary/aromatic N) is 1. The number of carboxylic acids is 2. The zero-order valence-electron chi connectivity index (χ0n) is 68.1. The molecule has 2 aliphatic rings. The predicted octanol–water partition coefficient (Wildman–Crippen LogP) is -0.906. The summed E-state index contributed by atoms with van der Waals surface area (Å²) in [4.78, 5) is 244. The van der Waals surface area contributed by atoms with Crippen LogP contribution in [0.5, 0.6) is 0 Å². The van der Waals surface area contributed by atoms with Crippen LogP contribution in [-0.2, 0) is 114 Å². The molecule has 13 atom stereocenters. The van der Waals surface area contributed by atoms with Gasteiger partial charge in [0.2, 0.25) is 88.6 Å². The van der Waals surface area contributed by atoms with Gasteiger partial charge in [0, 0.05) is 57.2 Å². The molecule has 2 saturated heterocycles. The van der Waals surface area contributed by atoms with Crippen molar-refractivity contribution in [3.63, 3.8) is 0 Å². The van der Waals surface area contributed by atoms with Crippen LogP contribution in [0.3, 0.4) is 0 Å². The number of aliphatic hydroxyl groups excluding tert-OH is 1. The highest BCUT2D eigenvalue weighted by Gasteiger charge is 2.49. The highest BCUT2D eigenvalue weighted by Crippen LogP contribution is 2.33. The Hall–Kier alpha value is -12.6. The second kappa shape index (κ2) is 44.1. The van der Waals surface area contributed by atoms with Gasteiger partial charge in [0.15, 0.2) is 0 Å². The minimum atomic E-state index is -2.13. The molecule has 2 heterocycles. The second-order valence-electron chi connectivity index (χ2n) is 31.4. The normalized spacial score (nSPS) is 21.0. The monoisotopic (exact) mass is 1720 g/mol. The van der Waals surface area contributed by atoms with Gasteiger partial charge < -0.3 is 101 Å². The van der Waals surface area contributed by atoms with Gasteiger partial charge in [-0.1, -0.05) is 182 Å². The van der Waals surface area contributed by atoms with Crippen molar-refractivity contribution < 1.29 is 96.8 Å². The average Bonchev–Trinajstić information content (AvgIpc) is 1.61. The lowest BCUT2D eigenvalue weighted by Crippen LogP contribution is -2.64. The van der Waals surface area contributed by atoms with E-state index in [9.17, 15) is 58.5 Å². The number of aliphatic hydroxyl groups is 1. The molecule has 8 rings (SSSR count). The lowest BCUT2D eigenvalue weighted by Gasteiger charge is -2.37. The number of benzene rings is 6. The van der Waals surface area contributed by atoms with E-state index < -0.39 is 221 Å². The molecule has 652 valence electrons. The molecule has 2 fully saturated rings. The molecule has 15 amide bonds. The number of fused-ring (bicyclic) bond motifs is 2. The van der Waals surface area contributed by atoms with Gasteiger partial charge in [-0.2, -0.15) is 0 Å². The molecule has 0 unspecified atom stereocenters. The van der Waals surface area contributed by atoms with Gasteiger partial charge in [-0.05, 0) is 87.9 Å². The summed E-state index contributed by atoms with van der Waals surface area (Å²) in [6.07, 6.45) is -4.49. The first-order valence-electron chi connectivity index (χ1n) is 39.4. The van der Waals surface area contributed by atoms with Gasteiger partial charge >= 0.3 is 11.9 Å². The van der Waals surface area contributed by atoms with Crippen molar-refractivity contribution in [2.24, 2.45) is 22.6 Å². The summed E-state index contributed by atoms with van der Waals surface area (Å²) >= 11 is 0. The van der Waals surface area contributed by atoms with Crippen LogP contribution in [0.1, 0.15) is 108 Å². The van der Waals surface area contributed by atoms with Gasteiger partial charge in [0.1, 0.15) is 78.0 Å². The van der Waals surface area contributed by atoms with Crippen LogP contribution >= 0.6 is 21.6 Å². The molecule has 38 heteroatoms. The Morgan fingerprint density at radius 2 is 1.05 bits per heavy atom. The van der Waals surface area contributed by atoms with Crippen LogP contribution in [0, 0.1) is 5.41 Å². The number of primary amides is 2. The molecule has 0 aliphatic carbocycles. The summed E-state index contributed by atoms with van der Waals surface area (Å²) in [5.41, 5.74) is 17.2. The minimum absolute atomic E-state index is 0.0928. The summed E-state index contributed by atoms with van der Waals surface area (Å²) in [5.74, 6) is -20.6. The molecule has 0 aromatic heterocycles. The van der Waals surface area contributed by atoms with E-state index in [4.69, 9.17) is 17.2 Å². The standard InChI is InChI=1S/C84H104N16O20S2/c1-45(88-46(2)102)71(109)96-64(42-101)79(117)94-62(39-69(106)107)77(115)97-65-43-121-122-44-66(81(119)100-31-15-30-84(100,6)82(120)99-59(33-47-16-8-7-9-17-47)74(112)89-56(70(87)108)38-68(104)105)98-76(114)61(37-67(86)103)93-73(111)58(35-50-28-29-51-18-10-11-20-53(51)32-50)90-72(110)57(34-48-24-26-49(41-85)27-25-48)91-78(116)63(40-83(3,4)5)95-75(113)60(92-80(65)118)36-54-22-14-21-52-19-12-13-23-55(52)54/h7-14,16-29,32,45,56-66,101H,15,30-31,33-44,85H2,1-6H3,(H2,86,103)(H2,87,108)(H,88,102)(H,89,112)(H,90,110)(H,91,116)(H,92,118)(H,93,111)(H,94,117)(H,95,113)(H,96,109)(H,97,115)(H,98,114)(H,99,120)(H,104,105)(H,106,107)/t45-,56+,57+,58+,59+,60+,61+,62+,63+,64+,65+,66+,84+/m1/s1. The maximum absolute atomic E-state index is 15.9. The maximum atomic E-state index is 15.9. The second-order valence-corrected chi connectivity index (χ2v) is 33.9. The van der Waals surface area contributed by atoms with Crippen LogP contribution in [0.2, 0.25) is 0 Å². The van der Waals surface area contributed by atoms with E-state index in [2.05, 4.69) is 63.8 Å². The largest absolute Gasteiger partial charge is 0.481 e. The van der Waals surface area contributed by atoms with Crippen molar-refractivity contribution >= 4 is 144 Å². The molecular formula is C84H104N16O20S2. The summed E-state index contributed by atoms with van der Waals surface area (Å²) in [6, 6.07) is 18.6. The molecule has 0 spiro atoms. The SMILES string of the molecule is CC(=O)N[C@H](C)C(=O)N[C@@H](CO)C(=O)N[C@@H](CC(=O)O)C(=O)N[C@H]1CSSC[C@@H](C(=O)N2CCC[C@@]2(C)C(=O)N[C@@H](Cc2ccccc2)C(=O)N[C@@H](CC(=O)O)C(N)=O)NC(=O)[C@H](CC(N)=O)NC(=O)[C@H](Cc2ccc3ccccc3c2)NC(=O)[C@H](Cc2ccc(CN)cc2)NC(=O)[C@H](CC(C)(C)C)NC(=O)[C@H](Cc2cccc3ccccc23)NC1=O. The number of carboxylic acid groups (broad SMARTS) is 2. The number of aliphatic carboxylic acids is 2. The Morgan fingerprint density at radius 1 is 0.533 bits per heavy atom. The number of amides is 15. The summed E-state index contributed by atoms with van der Waals surface area (Å²) < 4.78 is 0. The van der Waals surface area contributed by atoms with Gasteiger partial charge in [0.25, 0.3) is 0 Å². The molecule has 2 aliphatic heterocycles. The molecule has 122 heavy (non-hydrogen) atoms. The zero-order valence-corrected chi connectivity index (χ0v) is 69.7. The Balaban J connectivity index is 1.27. The first-order valence-corrected chi connectivity index (χ1v) is 41.9. The van der Waals surface area contributed by atoms with Crippen molar-refractivity contribution in [3.8, 4) is 0 Å². The van der Waals surface area contributed by atoms with Gasteiger partial charge in [-0.25, -0.2) is 0 Å². The number of carbonyl (C=O) groups excluding carboxylic acids is 15. The fourth-order valence-electron chi connectivity index (χ4n) is 14.0. The summed E-state index contributed by atoms with van der Waals surface area (Å²) in [7, 11) is 1.45. The summed E-state index contributed by atoms with van der Waals surface area (Å²) in [5, 5.41) is 63.5.